The van der Waals surface area contributed by atoms with Crippen molar-refractivity contribution in [2.75, 3.05) is 0 Å². The van der Waals surface area contributed by atoms with Gasteiger partial charge < -0.3 is 4.57 Å². The van der Waals surface area contributed by atoms with Crippen LogP contribution in [0.5, 0.6) is 0 Å². The average molecular weight is 539 g/mol. The molecule has 0 spiro atoms. The van der Waals surface area contributed by atoms with Gasteiger partial charge >= 0.3 is 0 Å². The van der Waals surface area contributed by atoms with E-state index < -0.39 is 0 Å². The van der Waals surface area contributed by atoms with Crippen molar-refractivity contribution >= 4 is 56.5 Å². The van der Waals surface area contributed by atoms with E-state index in [0.29, 0.717) is 38.9 Å². The molecule has 10 heteroatoms. The van der Waals surface area contributed by atoms with Crippen LogP contribution < -0.4 is 5.56 Å². The normalized spacial score (nSPS) is 11.5. The van der Waals surface area contributed by atoms with Crippen LogP contribution in [-0.4, -0.2) is 24.1 Å². The summed E-state index contributed by atoms with van der Waals surface area (Å²) in [5.74, 6) is 1.56. The van der Waals surface area contributed by atoms with Crippen molar-refractivity contribution in [2.24, 2.45) is 5.92 Å². The predicted molar refractivity (Wildman–Crippen MR) is 129 cm³/mol. The van der Waals surface area contributed by atoms with Crippen LogP contribution in [0.4, 0.5) is 0 Å². The molecule has 4 rings (SSSR count). The van der Waals surface area contributed by atoms with Crippen LogP contribution in [-0.2, 0) is 12.3 Å². The van der Waals surface area contributed by atoms with Crippen molar-refractivity contribution in [3.8, 4) is 11.4 Å². The van der Waals surface area contributed by atoms with E-state index in [4.69, 9.17) is 23.2 Å². The van der Waals surface area contributed by atoms with E-state index in [0.717, 1.165) is 21.7 Å². The van der Waals surface area contributed by atoms with Crippen molar-refractivity contribution in [1.29, 1.82) is 0 Å². The lowest BCUT2D eigenvalue weighted by Crippen LogP contribution is -2.15. The van der Waals surface area contributed by atoms with Gasteiger partial charge in [-0.1, -0.05) is 48.8 Å². The summed E-state index contributed by atoms with van der Waals surface area (Å²) < 4.78 is 4.39. The summed E-state index contributed by atoms with van der Waals surface area (Å²) in [7, 11) is 0. The molecule has 0 saturated carbocycles. The monoisotopic (exact) mass is 537 g/mol. The average Bonchev–Trinajstić information content (AvgIpc) is 3.08. The highest BCUT2D eigenvalue weighted by atomic mass is 79.9. The van der Waals surface area contributed by atoms with Crippen molar-refractivity contribution in [3.63, 3.8) is 0 Å². The molecule has 1 aromatic carbocycles. The van der Waals surface area contributed by atoms with E-state index in [9.17, 15) is 4.79 Å². The van der Waals surface area contributed by atoms with Gasteiger partial charge in [-0.2, -0.15) is 0 Å². The third-order valence-electron chi connectivity index (χ3n) is 4.46. The fourth-order valence-corrected chi connectivity index (χ4v) is 4.80. The summed E-state index contributed by atoms with van der Waals surface area (Å²) in [6, 6.07) is 10.6. The molecule has 6 nitrogen and oxygen atoms in total. The molecule has 0 N–H and O–H groups in total. The topological polar surface area (TPSA) is 65.1 Å². The molecule has 0 radical (unpaired) electrons. The van der Waals surface area contributed by atoms with Gasteiger partial charge in [0.15, 0.2) is 11.0 Å². The lowest BCUT2D eigenvalue weighted by atomic mass is 10.2. The number of hydrogen-bond acceptors (Lipinski definition) is 5. The molecule has 3 heterocycles. The Labute approximate surface area is 201 Å². The molecule has 4 aromatic rings. The first-order chi connectivity index (χ1) is 14.8. The minimum Gasteiger partial charge on any atom is -0.302 e. The summed E-state index contributed by atoms with van der Waals surface area (Å²) >= 11 is 17.3. The fraction of sp³-hybridized carbons (Fsp3) is 0.238. The highest BCUT2D eigenvalue weighted by Gasteiger charge is 2.18. The Kier molecular flexibility index (Phi) is 6.71. The summed E-state index contributed by atoms with van der Waals surface area (Å²) in [4.78, 5) is 17.1. The van der Waals surface area contributed by atoms with Gasteiger partial charge in [0.1, 0.15) is 5.65 Å². The first-order valence-electron chi connectivity index (χ1n) is 9.51. The second-order valence-electron chi connectivity index (χ2n) is 7.38. The standard InChI is InChI=1S/C21H18BrCl2N5OS/c1-12(2)9-29-20(16-5-4-14(23)7-17(16)24)26-27-21(29)31-11-15-8-19(30)28-10-13(22)3-6-18(28)25-15/h3-8,10,12H,9,11H2,1-2H3. The zero-order valence-corrected chi connectivity index (χ0v) is 20.6. The van der Waals surface area contributed by atoms with Gasteiger partial charge in [-0.25, -0.2) is 4.98 Å². The summed E-state index contributed by atoms with van der Waals surface area (Å²) in [6.45, 7) is 4.99. The highest BCUT2D eigenvalue weighted by molar-refractivity contribution is 9.10. The number of fused-ring (bicyclic) bond motifs is 1. The molecule has 31 heavy (non-hydrogen) atoms. The Morgan fingerprint density at radius 1 is 1.13 bits per heavy atom. The summed E-state index contributed by atoms with van der Waals surface area (Å²) in [6.07, 6.45) is 1.71. The van der Waals surface area contributed by atoms with E-state index in [1.165, 1.54) is 16.2 Å². The molecule has 3 aromatic heterocycles. The second-order valence-corrected chi connectivity index (χ2v) is 10.1. The van der Waals surface area contributed by atoms with Gasteiger partial charge in [0.2, 0.25) is 0 Å². The molecule has 0 saturated heterocycles. The maximum atomic E-state index is 12.5. The molecule has 0 aliphatic heterocycles. The van der Waals surface area contributed by atoms with E-state index in [1.54, 1.807) is 24.4 Å². The van der Waals surface area contributed by atoms with E-state index >= 15 is 0 Å². The SMILES string of the molecule is CC(C)Cn1c(SCc2cc(=O)n3cc(Br)ccc3n2)nnc1-c1ccc(Cl)cc1Cl. The first kappa shape index (κ1) is 22.3. The molecule has 0 aliphatic carbocycles. The van der Waals surface area contributed by atoms with Crippen LogP contribution in [0.3, 0.4) is 0 Å². The number of rotatable bonds is 6. The van der Waals surface area contributed by atoms with E-state index in [-0.39, 0.29) is 5.56 Å². The highest BCUT2D eigenvalue weighted by Crippen LogP contribution is 2.32. The molecule has 0 fully saturated rings. The van der Waals surface area contributed by atoms with Crippen molar-refractivity contribution in [3.05, 3.63) is 73.2 Å². The van der Waals surface area contributed by atoms with Gasteiger partial charge in [0, 0.05) is 39.6 Å². The number of halogens is 3. The molecule has 0 unspecified atom stereocenters. The van der Waals surface area contributed by atoms with Gasteiger partial charge in [-0.15, -0.1) is 10.2 Å². The smallest absolute Gasteiger partial charge is 0.258 e. The third-order valence-corrected chi connectivity index (χ3v) is 6.48. The minimum atomic E-state index is -0.126. The second kappa shape index (κ2) is 9.32. The first-order valence-corrected chi connectivity index (χ1v) is 12.0. The summed E-state index contributed by atoms with van der Waals surface area (Å²) in [5, 5.41) is 10.6. The number of pyridine rings is 1. The van der Waals surface area contributed by atoms with Crippen LogP contribution >= 0.6 is 50.9 Å². The van der Waals surface area contributed by atoms with E-state index in [2.05, 4.69) is 49.5 Å². The number of nitrogens with zero attached hydrogens (tertiary/aromatic N) is 5. The van der Waals surface area contributed by atoms with Gasteiger partial charge in [-0.05, 0) is 52.2 Å². The Morgan fingerprint density at radius 3 is 2.68 bits per heavy atom. The van der Waals surface area contributed by atoms with Crippen molar-refractivity contribution < 1.29 is 0 Å². The molecule has 0 atom stereocenters. The van der Waals surface area contributed by atoms with E-state index in [1.807, 2.05) is 18.2 Å². The number of thioether (sulfide) groups is 1. The molecular formula is C21H18BrCl2N5OS. The zero-order chi connectivity index (χ0) is 22.1. The molecule has 0 bridgehead atoms. The molecule has 0 aliphatic rings. The van der Waals surface area contributed by atoms with Crippen LogP contribution in [0.2, 0.25) is 10.0 Å². The molecular weight excluding hydrogens is 521 g/mol. The van der Waals surface area contributed by atoms with Crippen LogP contribution in [0.15, 0.2) is 57.0 Å². The number of hydrogen-bond donors (Lipinski definition) is 0. The maximum absolute atomic E-state index is 12.5. The zero-order valence-electron chi connectivity index (χ0n) is 16.7. The fourth-order valence-electron chi connectivity index (χ4n) is 3.13. The van der Waals surface area contributed by atoms with Crippen LogP contribution in [0.1, 0.15) is 19.5 Å². The maximum Gasteiger partial charge on any atom is 0.258 e. The lowest BCUT2D eigenvalue weighted by molar-refractivity contribution is 0.498. The van der Waals surface area contributed by atoms with Crippen molar-refractivity contribution in [1.82, 2.24) is 24.1 Å². The van der Waals surface area contributed by atoms with Crippen LogP contribution in [0.25, 0.3) is 17.0 Å². The lowest BCUT2D eigenvalue weighted by Gasteiger charge is -2.13. The number of aromatic nitrogens is 5. The Hall–Kier alpha value is -1.87. The van der Waals surface area contributed by atoms with Gasteiger partial charge in [-0.3, -0.25) is 9.20 Å². The Morgan fingerprint density at radius 2 is 1.94 bits per heavy atom. The van der Waals surface area contributed by atoms with Crippen molar-refractivity contribution in [2.45, 2.75) is 31.3 Å². The van der Waals surface area contributed by atoms with Crippen LogP contribution in [0, 0.1) is 5.92 Å². The largest absolute Gasteiger partial charge is 0.302 e. The predicted octanol–water partition coefficient (Wildman–Crippen LogP) is 5.97. The third kappa shape index (κ3) is 4.98. The van der Waals surface area contributed by atoms with Gasteiger partial charge in [0.25, 0.3) is 5.56 Å². The molecule has 160 valence electrons. The number of benzene rings is 1. The minimum absolute atomic E-state index is 0.126. The quantitative estimate of drug-likeness (QED) is 0.283. The summed E-state index contributed by atoms with van der Waals surface area (Å²) in [5.41, 5.74) is 1.93. The molecule has 0 amide bonds. The van der Waals surface area contributed by atoms with Gasteiger partial charge in [0.05, 0.1) is 10.7 Å². The Bertz CT molecular complexity index is 1320. The Balaban J connectivity index is 1.66.